The number of amides is 1. The Kier molecular flexibility index (Phi) is 6.04. The summed E-state index contributed by atoms with van der Waals surface area (Å²) in [6.45, 7) is 2.68. The van der Waals surface area contributed by atoms with Crippen molar-refractivity contribution in [2.24, 2.45) is 0 Å². The number of carbonyl (C=O) groups is 1. The van der Waals surface area contributed by atoms with Gasteiger partial charge < -0.3 is 10.1 Å². The van der Waals surface area contributed by atoms with Crippen LogP contribution in [0.4, 0.5) is 10.1 Å². The van der Waals surface area contributed by atoms with Crippen LogP contribution < -0.4 is 10.9 Å². The van der Waals surface area contributed by atoms with E-state index in [9.17, 15) is 22.4 Å². The number of sulfonamides is 1. The molecule has 1 aliphatic rings. The average molecular weight is 460 g/mol. The number of aryl methyl sites for hydroxylation is 1. The van der Waals surface area contributed by atoms with Gasteiger partial charge in [0.15, 0.2) is 5.69 Å². The SMILES string of the molecule is CCn1nc(C(=O)Nc2ccc(F)c(S(=O)(=O)N3CCOCC3)c2)c2ccccc2c1=O. The maximum absolute atomic E-state index is 14.4. The summed E-state index contributed by atoms with van der Waals surface area (Å²) >= 11 is 0. The Hall–Kier alpha value is -3.15. The normalized spacial score (nSPS) is 15.1. The van der Waals surface area contributed by atoms with Crippen LogP contribution in [-0.2, 0) is 21.3 Å². The molecule has 1 N–H and O–H groups in total. The fourth-order valence-electron chi connectivity index (χ4n) is 3.51. The van der Waals surface area contributed by atoms with Gasteiger partial charge >= 0.3 is 0 Å². The molecule has 1 fully saturated rings. The van der Waals surface area contributed by atoms with E-state index in [0.717, 1.165) is 16.4 Å². The van der Waals surface area contributed by atoms with Gasteiger partial charge in [-0.05, 0) is 31.2 Å². The number of ether oxygens (including phenoxy) is 1. The Labute approximate surface area is 183 Å². The van der Waals surface area contributed by atoms with Gasteiger partial charge in [-0.3, -0.25) is 9.59 Å². The van der Waals surface area contributed by atoms with Gasteiger partial charge in [0.1, 0.15) is 10.7 Å². The van der Waals surface area contributed by atoms with E-state index in [4.69, 9.17) is 4.74 Å². The van der Waals surface area contributed by atoms with E-state index >= 15 is 0 Å². The number of rotatable bonds is 5. The minimum absolute atomic E-state index is 0.00367. The first kappa shape index (κ1) is 22.1. The number of fused-ring (bicyclic) bond motifs is 1. The summed E-state index contributed by atoms with van der Waals surface area (Å²) < 4.78 is 47.7. The smallest absolute Gasteiger partial charge is 0.276 e. The molecule has 0 unspecified atom stereocenters. The standard InChI is InChI=1S/C21H21FN4O5S/c1-2-26-21(28)16-6-4-3-5-15(16)19(24-26)20(27)23-14-7-8-17(22)18(13-14)32(29,30)25-9-11-31-12-10-25/h3-8,13H,2,9-12H2,1H3,(H,23,27). The van der Waals surface area contributed by atoms with Crippen LogP contribution in [0.25, 0.3) is 10.8 Å². The molecule has 32 heavy (non-hydrogen) atoms. The second-order valence-electron chi connectivity index (χ2n) is 7.13. The van der Waals surface area contributed by atoms with Crippen LogP contribution in [0.5, 0.6) is 0 Å². The van der Waals surface area contributed by atoms with Crippen molar-refractivity contribution in [3.63, 3.8) is 0 Å². The van der Waals surface area contributed by atoms with Crippen molar-refractivity contribution in [1.29, 1.82) is 0 Å². The fourth-order valence-corrected chi connectivity index (χ4v) is 5.01. The van der Waals surface area contributed by atoms with Crippen molar-refractivity contribution < 1.29 is 22.3 Å². The molecule has 0 radical (unpaired) electrons. The first-order valence-electron chi connectivity index (χ1n) is 10.0. The molecular weight excluding hydrogens is 439 g/mol. The number of nitrogens with zero attached hydrogens (tertiary/aromatic N) is 3. The number of aromatic nitrogens is 2. The van der Waals surface area contributed by atoms with E-state index in [1.54, 1.807) is 31.2 Å². The van der Waals surface area contributed by atoms with Crippen LogP contribution in [0, 0.1) is 5.82 Å². The van der Waals surface area contributed by atoms with Gasteiger partial charge in [-0.15, -0.1) is 0 Å². The summed E-state index contributed by atoms with van der Waals surface area (Å²) in [5.41, 5.74) is -0.229. The molecule has 0 saturated carbocycles. The van der Waals surface area contributed by atoms with Crippen molar-refractivity contribution in [1.82, 2.24) is 14.1 Å². The van der Waals surface area contributed by atoms with Crippen LogP contribution >= 0.6 is 0 Å². The highest BCUT2D eigenvalue weighted by Crippen LogP contribution is 2.24. The maximum atomic E-state index is 14.4. The van der Waals surface area contributed by atoms with Gasteiger partial charge in [0, 0.05) is 30.7 Å². The van der Waals surface area contributed by atoms with Crippen molar-refractivity contribution in [2.45, 2.75) is 18.4 Å². The number of morpholine rings is 1. The Morgan fingerprint density at radius 1 is 1.16 bits per heavy atom. The molecule has 0 atom stereocenters. The summed E-state index contributed by atoms with van der Waals surface area (Å²) in [6.07, 6.45) is 0. The molecule has 9 nitrogen and oxygen atoms in total. The van der Waals surface area contributed by atoms with E-state index in [2.05, 4.69) is 10.4 Å². The molecule has 1 saturated heterocycles. The van der Waals surface area contributed by atoms with E-state index in [1.807, 2.05) is 0 Å². The highest BCUT2D eigenvalue weighted by molar-refractivity contribution is 7.89. The Balaban J connectivity index is 1.70. The molecule has 0 aliphatic carbocycles. The molecule has 2 aromatic carbocycles. The number of hydrogen-bond donors (Lipinski definition) is 1. The lowest BCUT2D eigenvalue weighted by atomic mass is 10.1. The first-order chi connectivity index (χ1) is 15.3. The molecular formula is C21H21FN4O5S. The summed E-state index contributed by atoms with van der Waals surface area (Å²) in [5, 5.41) is 7.43. The largest absolute Gasteiger partial charge is 0.379 e. The van der Waals surface area contributed by atoms with Crippen LogP contribution in [0.2, 0.25) is 0 Å². The molecule has 0 bridgehead atoms. The third-order valence-corrected chi connectivity index (χ3v) is 7.07. The predicted octanol–water partition coefficient (Wildman–Crippen LogP) is 1.83. The minimum Gasteiger partial charge on any atom is -0.379 e. The number of carbonyl (C=O) groups excluding carboxylic acids is 1. The zero-order valence-corrected chi connectivity index (χ0v) is 18.1. The van der Waals surface area contributed by atoms with Gasteiger partial charge in [-0.2, -0.15) is 9.40 Å². The minimum atomic E-state index is -4.10. The van der Waals surface area contributed by atoms with Gasteiger partial charge in [0.25, 0.3) is 11.5 Å². The molecule has 11 heteroatoms. The first-order valence-corrected chi connectivity index (χ1v) is 11.5. The summed E-state index contributed by atoms with van der Waals surface area (Å²) in [7, 11) is -4.10. The number of hydrogen-bond acceptors (Lipinski definition) is 6. The van der Waals surface area contributed by atoms with E-state index in [0.29, 0.717) is 10.8 Å². The maximum Gasteiger partial charge on any atom is 0.276 e. The van der Waals surface area contributed by atoms with Crippen molar-refractivity contribution in [3.05, 3.63) is 64.3 Å². The van der Waals surface area contributed by atoms with Crippen LogP contribution in [0.1, 0.15) is 17.4 Å². The molecule has 168 valence electrons. The molecule has 4 rings (SSSR count). The van der Waals surface area contributed by atoms with Crippen molar-refractivity contribution in [2.75, 3.05) is 31.6 Å². The van der Waals surface area contributed by atoms with E-state index in [-0.39, 0.29) is 49.8 Å². The van der Waals surface area contributed by atoms with Crippen molar-refractivity contribution in [3.8, 4) is 0 Å². The Bertz CT molecular complexity index is 1350. The monoisotopic (exact) mass is 460 g/mol. The third-order valence-electron chi connectivity index (χ3n) is 5.16. The summed E-state index contributed by atoms with van der Waals surface area (Å²) in [5.74, 6) is -1.57. The summed E-state index contributed by atoms with van der Waals surface area (Å²) in [6, 6.07) is 9.92. The third kappa shape index (κ3) is 4.01. The predicted molar refractivity (Wildman–Crippen MR) is 116 cm³/mol. The lowest BCUT2D eigenvalue weighted by Crippen LogP contribution is -2.40. The lowest BCUT2D eigenvalue weighted by Gasteiger charge is -2.26. The summed E-state index contributed by atoms with van der Waals surface area (Å²) in [4.78, 5) is 24.9. The number of benzene rings is 2. The number of halogens is 1. The highest BCUT2D eigenvalue weighted by atomic mass is 32.2. The number of anilines is 1. The molecule has 3 aromatic rings. The second kappa shape index (κ2) is 8.77. The topological polar surface area (TPSA) is 111 Å². The average Bonchev–Trinajstić information content (AvgIpc) is 2.81. The van der Waals surface area contributed by atoms with Gasteiger partial charge in [-0.1, -0.05) is 18.2 Å². The second-order valence-corrected chi connectivity index (χ2v) is 9.04. The zero-order chi connectivity index (χ0) is 22.9. The molecule has 1 amide bonds. The highest BCUT2D eigenvalue weighted by Gasteiger charge is 2.29. The Morgan fingerprint density at radius 3 is 2.53 bits per heavy atom. The van der Waals surface area contributed by atoms with Crippen LogP contribution in [0.15, 0.2) is 52.2 Å². The molecule has 1 aromatic heterocycles. The number of nitrogens with one attached hydrogen (secondary N) is 1. The molecule has 1 aliphatic heterocycles. The molecule has 0 spiro atoms. The van der Waals surface area contributed by atoms with E-state index in [1.165, 1.54) is 10.7 Å². The quantitative estimate of drug-likeness (QED) is 0.622. The fraction of sp³-hybridized carbons (Fsp3) is 0.286. The Morgan fingerprint density at radius 2 is 1.84 bits per heavy atom. The van der Waals surface area contributed by atoms with Crippen LogP contribution in [0.3, 0.4) is 0 Å². The molecule has 2 heterocycles. The van der Waals surface area contributed by atoms with Crippen molar-refractivity contribution >= 4 is 32.4 Å². The van der Waals surface area contributed by atoms with Gasteiger partial charge in [0.2, 0.25) is 10.0 Å². The van der Waals surface area contributed by atoms with Gasteiger partial charge in [-0.25, -0.2) is 17.5 Å². The van der Waals surface area contributed by atoms with E-state index < -0.39 is 26.6 Å². The zero-order valence-electron chi connectivity index (χ0n) is 17.2. The van der Waals surface area contributed by atoms with Crippen LogP contribution in [-0.4, -0.2) is 54.7 Å². The van der Waals surface area contributed by atoms with Gasteiger partial charge in [0.05, 0.1) is 18.6 Å². The lowest BCUT2D eigenvalue weighted by molar-refractivity contribution is 0.0729.